The van der Waals surface area contributed by atoms with Crippen molar-refractivity contribution in [3.63, 3.8) is 0 Å². The second-order valence-corrected chi connectivity index (χ2v) is 7.27. The third kappa shape index (κ3) is 3.89. The highest BCUT2D eigenvalue weighted by atomic mass is 32.1. The minimum absolute atomic E-state index is 0.432. The third-order valence-electron chi connectivity index (χ3n) is 4.47. The van der Waals surface area contributed by atoms with Crippen LogP contribution < -0.4 is 11.1 Å². The van der Waals surface area contributed by atoms with Gasteiger partial charge < -0.3 is 11.1 Å². The second-order valence-electron chi connectivity index (χ2n) is 6.36. The Balaban J connectivity index is 1.41. The zero-order chi connectivity index (χ0) is 18.6. The van der Waals surface area contributed by atoms with Crippen LogP contribution in [0.4, 0.5) is 0 Å². The zero-order valence-corrected chi connectivity index (χ0v) is 15.5. The largest absolute Gasteiger partial charge is 0.366 e. The summed E-state index contributed by atoms with van der Waals surface area (Å²) in [6.45, 7) is 1.57. The normalized spacial score (nSPS) is 11.0. The van der Waals surface area contributed by atoms with E-state index in [1.165, 1.54) is 15.6 Å². The number of aromatic nitrogens is 1. The van der Waals surface area contributed by atoms with E-state index in [1.54, 1.807) is 23.5 Å². The van der Waals surface area contributed by atoms with E-state index in [0.29, 0.717) is 5.56 Å². The highest BCUT2D eigenvalue weighted by Gasteiger charge is 2.05. The lowest BCUT2D eigenvalue weighted by molar-refractivity contribution is 0.100. The smallest absolute Gasteiger partial charge is 0.248 e. The average Bonchev–Trinajstić information content (AvgIpc) is 3.12. The standard InChI is InChI=1S/C22H19N3OS/c23-22(26)17-5-3-4-16(10-17)20-9-8-15(12-25-20)11-24-13-18-14-27-21-7-2-1-6-19(18)21/h1-10,12,14,24H,11,13H2,(H2,23,26). The Morgan fingerprint density at radius 2 is 1.93 bits per heavy atom. The maximum absolute atomic E-state index is 11.3. The molecule has 0 saturated carbocycles. The van der Waals surface area contributed by atoms with Crippen LogP contribution in [0.2, 0.25) is 0 Å². The highest BCUT2D eigenvalue weighted by Crippen LogP contribution is 2.25. The lowest BCUT2D eigenvalue weighted by atomic mass is 10.1. The molecule has 0 atom stereocenters. The number of nitrogens with one attached hydrogen (secondary N) is 1. The zero-order valence-electron chi connectivity index (χ0n) is 14.7. The number of pyridine rings is 1. The van der Waals surface area contributed by atoms with Gasteiger partial charge in [-0.25, -0.2) is 0 Å². The molecule has 134 valence electrons. The van der Waals surface area contributed by atoms with Gasteiger partial charge in [0.05, 0.1) is 5.69 Å². The number of fused-ring (bicyclic) bond motifs is 1. The summed E-state index contributed by atoms with van der Waals surface area (Å²) in [6.07, 6.45) is 1.87. The Hall–Kier alpha value is -3.02. The number of hydrogen-bond donors (Lipinski definition) is 2. The van der Waals surface area contributed by atoms with Crippen molar-refractivity contribution in [3.8, 4) is 11.3 Å². The average molecular weight is 373 g/mol. The molecule has 0 aliphatic rings. The summed E-state index contributed by atoms with van der Waals surface area (Å²) < 4.78 is 1.32. The van der Waals surface area contributed by atoms with E-state index >= 15 is 0 Å². The van der Waals surface area contributed by atoms with E-state index in [0.717, 1.165) is 29.9 Å². The van der Waals surface area contributed by atoms with Crippen LogP contribution in [0.3, 0.4) is 0 Å². The molecule has 2 heterocycles. The fraction of sp³-hybridized carbons (Fsp3) is 0.0909. The van der Waals surface area contributed by atoms with Crippen molar-refractivity contribution in [3.05, 3.63) is 88.9 Å². The molecule has 0 aliphatic heterocycles. The summed E-state index contributed by atoms with van der Waals surface area (Å²) >= 11 is 1.78. The van der Waals surface area contributed by atoms with Crippen LogP contribution in [0.1, 0.15) is 21.5 Å². The minimum Gasteiger partial charge on any atom is -0.366 e. The molecule has 1 amide bonds. The number of primary amides is 1. The molecule has 0 unspecified atom stereocenters. The first-order valence-electron chi connectivity index (χ1n) is 8.72. The van der Waals surface area contributed by atoms with Gasteiger partial charge in [0.25, 0.3) is 0 Å². The van der Waals surface area contributed by atoms with Gasteiger partial charge >= 0.3 is 0 Å². The summed E-state index contributed by atoms with van der Waals surface area (Å²) in [5.74, 6) is -0.432. The van der Waals surface area contributed by atoms with Crippen LogP contribution in [0.25, 0.3) is 21.3 Å². The van der Waals surface area contributed by atoms with Gasteiger partial charge in [0.15, 0.2) is 0 Å². The van der Waals surface area contributed by atoms with Gasteiger partial charge in [-0.3, -0.25) is 9.78 Å². The van der Waals surface area contributed by atoms with Crippen LogP contribution in [-0.2, 0) is 13.1 Å². The van der Waals surface area contributed by atoms with Crippen LogP contribution in [0, 0.1) is 0 Å². The quantitative estimate of drug-likeness (QED) is 0.528. The monoisotopic (exact) mass is 373 g/mol. The molecule has 2 aromatic carbocycles. The molecule has 4 aromatic rings. The van der Waals surface area contributed by atoms with Crippen LogP contribution in [-0.4, -0.2) is 10.9 Å². The number of nitrogens with two attached hydrogens (primary N) is 1. The molecule has 5 heteroatoms. The van der Waals surface area contributed by atoms with Crippen molar-refractivity contribution in [1.29, 1.82) is 0 Å². The minimum atomic E-state index is -0.432. The van der Waals surface area contributed by atoms with Gasteiger partial charge in [-0.05, 0) is 46.2 Å². The lowest BCUT2D eigenvalue weighted by Gasteiger charge is -2.06. The Morgan fingerprint density at radius 1 is 1.04 bits per heavy atom. The molecule has 4 nitrogen and oxygen atoms in total. The van der Waals surface area contributed by atoms with Gasteiger partial charge in [0.1, 0.15) is 0 Å². The summed E-state index contributed by atoms with van der Waals surface area (Å²) in [7, 11) is 0. The Morgan fingerprint density at radius 3 is 2.74 bits per heavy atom. The highest BCUT2D eigenvalue weighted by molar-refractivity contribution is 7.17. The number of hydrogen-bond acceptors (Lipinski definition) is 4. The van der Waals surface area contributed by atoms with Gasteiger partial charge in [-0.15, -0.1) is 11.3 Å². The molecule has 0 bridgehead atoms. The topological polar surface area (TPSA) is 68.0 Å². The summed E-state index contributed by atoms with van der Waals surface area (Å²) in [6, 6.07) is 19.7. The molecular weight excluding hydrogens is 354 g/mol. The first-order chi connectivity index (χ1) is 13.2. The van der Waals surface area contributed by atoms with Crippen molar-refractivity contribution < 1.29 is 4.79 Å². The molecule has 4 rings (SSSR count). The van der Waals surface area contributed by atoms with Crippen molar-refractivity contribution in [2.24, 2.45) is 5.73 Å². The molecular formula is C22H19N3OS. The summed E-state index contributed by atoms with van der Waals surface area (Å²) in [5.41, 5.74) is 9.98. The molecule has 0 aliphatic carbocycles. The van der Waals surface area contributed by atoms with Gasteiger partial charge in [-0.2, -0.15) is 0 Å². The van der Waals surface area contributed by atoms with E-state index in [-0.39, 0.29) is 0 Å². The molecule has 27 heavy (non-hydrogen) atoms. The van der Waals surface area contributed by atoms with Crippen molar-refractivity contribution in [1.82, 2.24) is 10.3 Å². The molecule has 3 N–H and O–H groups in total. The summed E-state index contributed by atoms with van der Waals surface area (Å²) in [5, 5.41) is 7.02. The Kier molecular flexibility index (Phi) is 4.96. The third-order valence-corrected chi connectivity index (χ3v) is 5.49. The number of thiophene rings is 1. The van der Waals surface area contributed by atoms with E-state index < -0.39 is 5.91 Å². The predicted octanol–water partition coefficient (Wildman–Crippen LogP) is 4.35. The first kappa shape index (κ1) is 17.4. The maximum Gasteiger partial charge on any atom is 0.248 e. The number of nitrogens with zero attached hydrogens (tertiary/aromatic N) is 1. The van der Waals surface area contributed by atoms with Crippen LogP contribution in [0.5, 0.6) is 0 Å². The molecule has 0 radical (unpaired) electrons. The molecule has 2 aromatic heterocycles. The predicted molar refractivity (Wildman–Crippen MR) is 111 cm³/mol. The lowest BCUT2D eigenvalue weighted by Crippen LogP contribution is -2.12. The fourth-order valence-electron chi connectivity index (χ4n) is 3.04. The van der Waals surface area contributed by atoms with Gasteiger partial charge in [0.2, 0.25) is 5.91 Å². The van der Waals surface area contributed by atoms with Crippen molar-refractivity contribution in [2.75, 3.05) is 0 Å². The molecule has 0 fully saturated rings. The van der Waals surface area contributed by atoms with Crippen molar-refractivity contribution in [2.45, 2.75) is 13.1 Å². The number of carbonyl (C=O) groups excluding carboxylic acids is 1. The van der Waals surface area contributed by atoms with Gasteiger partial charge in [0, 0.05) is 35.1 Å². The molecule has 0 spiro atoms. The molecule has 0 saturated heterocycles. The number of rotatable bonds is 6. The van der Waals surface area contributed by atoms with Crippen molar-refractivity contribution >= 4 is 27.3 Å². The van der Waals surface area contributed by atoms with Gasteiger partial charge in [-0.1, -0.05) is 36.4 Å². The van der Waals surface area contributed by atoms with Crippen LogP contribution in [0.15, 0.2) is 72.2 Å². The fourth-order valence-corrected chi connectivity index (χ4v) is 4.01. The Bertz CT molecular complexity index is 1090. The second kappa shape index (κ2) is 7.70. The van der Waals surface area contributed by atoms with E-state index in [2.05, 4.69) is 46.0 Å². The Labute approximate surface area is 161 Å². The van der Waals surface area contributed by atoms with E-state index in [1.807, 2.05) is 24.4 Å². The first-order valence-corrected chi connectivity index (χ1v) is 9.60. The van der Waals surface area contributed by atoms with E-state index in [4.69, 9.17) is 5.73 Å². The maximum atomic E-state index is 11.3. The SMILES string of the molecule is NC(=O)c1cccc(-c2ccc(CNCc3csc4ccccc34)cn2)c1. The van der Waals surface area contributed by atoms with Crippen LogP contribution >= 0.6 is 11.3 Å². The summed E-state index contributed by atoms with van der Waals surface area (Å²) in [4.78, 5) is 15.9. The number of carbonyl (C=O) groups is 1. The number of amides is 1. The van der Waals surface area contributed by atoms with E-state index in [9.17, 15) is 4.79 Å². The number of benzene rings is 2.